The monoisotopic (exact) mass is 469 g/mol. The number of hydrogen-bond donors (Lipinski definition) is 1. The predicted molar refractivity (Wildman–Crippen MR) is 128 cm³/mol. The van der Waals surface area contributed by atoms with Crippen LogP contribution in [0.2, 0.25) is 5.02 Å². The first-order valence-corrected chi connectivity index (χ1v) is 11.8. The highest BCUT2D eigenvalue weighted by Gasteiger charge is 2.42. The highest BCUT2D eigenvalue weighted by atomic mass is 35.5. The van der Waals surface area contributed by atoms with E-state index < -0.39 is 6.04 Å². The van der Waals surface area contributed by atoms with Crippen molar-refractivity contribution in [2.24, 2.45) is 0 Å². The number of aliphatic hydroxyl groups excluding tert-OH is 1. The fourth-order valence-corrected chi connectivity index (χ4v) is 4.41. The minimum absolute atomic E-state index is 0.0528. The molecule has 0 aliphatic carbocycles. The lowest BCUT2D eigenvalue weighted by atomic mass is 9.98. The molecule has 33 heavy (non-hydrogen) atoms. The van der Waals surface area contributed by atoms with Crippen LogP contribution in [0.25, 0.3) is 11.0 Å². The maximum atomic E-state index is 13.5. The minimum atomic E-state index is -0.603. The van der Waals surface area contributed by atoms with Crippen LogP contribution < -0.4 is 10.2 Å². The number of amides is 1. The van der Waals surface area contributed by atoms with Crippen molar-refractivity contribution in [1.29, 1.82) is 0 Å². The Morgan fingerprint density at radius 2 is 1.88 bits per heavy atom. The van der Waals surface area contributed by atoms with Crippen molar-refractivity contribution in [2.75, 3.05) is 19.8 Å². The van der Waals surface area contributed by atoms with Crippen LogP contribution in [0.1, 0.15) is 65.9 Å². The summed E-state index contributed by atoms with van der Waals surface area (Å²) in [4.78, 5) is 28.4. The standard InChI is InChI=1S/C26H28ClNO5/c1-3-4-5-13-32-18-9-7-17(8-10-18)23-22-24(30)19-15-20(27)16(2)14-21(19)33-25(22)26(31)28(23)11-6-12-29/h7-10,14-15,23,29H,3-6,11-13H2,1-2H3. The van der Waals surface area contributed by atoms with E-state index in [2.05, 4.69) is 6.92 Å². The zero-order valence-corrected chi connectivity index (χ0v) is 19.7. The second-order valence-electron chi connectivity index (χ2n) is 8.37. The van der Waals surface area contributed by atoms with Gasteiger partial charge in [-0.1, -0.05) is 43.5 Å². The molecule has 1 aromatic heterocycles. The first-order valence-electron chi connectivity index (χ1n) is 11.4. The van der Waals surface area contributed by atoms with Crippen LogP contribution in [-0.4, -0.2) is 35.7 Å². The highest BCUT2D eigenvalue weighted by molar-refractivity contribution is 6.32. The number of rotatable bonds is 9. The molecule has 0 bridgehead atoms. The van der Waals surface area contributed by atoms with Crippen LogP contribution in [-0.2, 0) is 0 Å². The molecule has 1 unspecified atom stereocenters. The van der Waals surface area contributed by atoms with Crippen molar-refractivity contribution in [3.05, 3.63) is 74.1 Å². The predicted octanol–water partition coefficient (Wildman–Crippen LogP) is 5.25. The molecule has 2 heterocycles. The molecular formula is C26H28ClNO5. The van der Waals surface area contributed by atoms with Crippen LogP contribution in [0, 0.1) is 6.92 Å². The Morgan fingerprint density at radius 1 is 1.12 bits per heavy atom. The Kier molecular flexibility index (Phi) is 7.05. The molecule has 6 nitrogen and oxygen atoms in total. The molecule has 0 saturated heterocycles. The van der Waals surface area contributed by atoms with Gasteiger partial charge in [-0.15, -0.1) is 0 Å². The number of nitrogens with zero attached hydrogens (tertiary/aromatic N) is 1. The van der Waals surface area contributed by atoms with Crippen LogP contribution in [0.15, 0.2) is 45.6 Å². The van der Waals surface area contributed by atoms with Gasteiger partial charge in [0.25, 0.3) is 5.91 Å². The third-order valence-electron chi connectivity index (χ3n) is 6.02. The molecule has 2 aromatic carbocycles. The van der Waals surface area contributed by atoms with E-state index in [1.165, 1.54) is 0 Å². The Balaban J connectivity index is 1.76. The summed E-state index contributed by atoms with van der Waals surface area (Å²) in [5, 5.41) is 10.2. The molecule has 1 aliphatic rings. The third kappa shape index (κ3) is 4.50. The molecule has 1 N–H and O–H groups in total. The molecule has 174 valence electrons. The molecule has 0 radical (unpaired) electrons. The van der Waals surface area contributed by atoms with Gasteiger partial charge in [0.2, 0.25) is 5.76 Å². The van der Waals surface area contributed by atoms with Gasteiger partial charge in [-0.25, -0.2) is 0 Å². The van der Waals surface area contributed by atoms with Gasteiger partial charge in [0.1, 0.15) is 11.3 Å². The number of aliphatic hydroxyl groups is 1. The quantitative estimate of drug-likeness (QED) is 0.433. The number of halogens is 1. The summed E-state index contributed by atoms with van der Waals surface area (Å²) in [6.07, 6.45) is 3.64. The zero-order chi connectivity index (χ0) is 23.5. The van der Waals surface area contributed by atoms with Crippen molar-refractivity contribution in [2.45, 2.75) is 45.6 Å². The van der Waals surface area contributed by atoms with E-state index in [1.54, 1.807) is 17.0 Å². The first kappa shape index (κ1) is 23.3. The summed E-state index contributed by atoms with van der Waals surface area (Å²) in [6.45, 7) is 4.85. The Labute approximate surface area is 197 Å². The van der Waals surface area contributed by atoms with Crippen LogP contribution >= 0.6 is 11.6 Å². The lowest BCUT2D eigenvalue weighted by molar-refractivity contribution is 0.0716. The van der Waals surface area contributed by atoms with Gasteiger partial charge in [0.15, 0.2) is 5.43 Å². The molecule has 0 fully saturated rings. The SMILES string of the molecule is CCCCCOc1ccc(C2c3c(oc4cc(C)c(Cl)cc4c3=O)C(=O)N2CCCO)cc1. The molecule has 3 aromatic rings. The summed E-state index contributed by atoms with van der Waals surface area (Å²) in [7, 11) is 0. The first-order chi connectivity index (χ1) is 16.0. The fourth-order valence-electron chi connectivity index (χ4n) is 4.25. The van der Waals surface area contributed by atoms with E-state index in [-0.39, 0.29) is 23.7 Å². The highest BCUT2D eigenvalue weighted by Crippen LogP contribution is 2.39. The number of benzene rings is 2. The molecule has 1 amide bonds. The Hall–Kier alpha value is -2.83. The van der Waals surface area contributed by atoms with E-state index in [0.29, 0.717) is 41.1 Å². The van der Waals surface area contributed by atoms with Crippen molar-refractivity contribution in [3.8, 4) is 5.75 Å². The number of carbonyl (C=O) groups is 1. The minimum Gasteiger partial charge on any atom is -0.494 e. The summed E-state index contributed by atoms with van der Waals surface area (Å²) >= 11 is 6.27. The van der Waals surface area contributed by atoms with Gasteiger partial charge < -0.3 is 19.2 Å². The Morgan fingerprint density at radius 3 is 2.58 bits per heavy atom. The summed E-state index contributed by atoms with van der Waals surface area (Å²) in [6, 6.07) is 10.1. The van der Waals surface area contributed by atoms with Crippen LogP contribution in [0.5, 0.6) is 5.75 Å². The van der Waals surface area contributed by atoms with Crippen molar-refractivity contribution >= 4 is 28.5 Å². The molecule has 1 aliphatic heterocycles. The molecule has 4 rings (SSSR count). The maximum Gasteiger partial charge on any atom is 0.290 e. The van der Waals surface area contributed by atoms with E-state index in [0.717, 1.165) is 36.1 Å². The summed E-state index contributed by atoms with van der Waals surface area (Å²) < 4.78 is 11.8. The summed E-state index contributed by atoms with van der Waals surface area (Å²) in [5.41, 5.74) is 1.93. The van der Waals surface area contributed by atoms with Gasteiger partial charge >= 0.3 is 0 Å². The van der Waals surface area contributed by atoms with Crippen molar-refractivity contribution in [3.63, 3.8) is 0 Å². The number of unbranched alkanes of at least 4 members (excludes halogenated alkanes) is 2. The topological polar surface area (TPSA) is 80.0 Å². The maximum absolute atomic E-state index is 13.5. The van der Waals surface area contributed by atoms with Gasteiger partial charge in [-0.3, -0.25) is 9.59 Å². The van der Waals surface area contributed by atoms with E-state index >= 15 is 0 Å². The third-order valence-corrected chi connectivity index (χ3v) is 6.42. The number of hydrogen-bond acceptors (Lipinski definition) is 5. The molecule has 7 heteroatoms. The molecule has 1 atom stereocenters. The van der Waals surface area contributed by atoms with Gasteiger partial charge in [-0.05, 0) is 55.2 Å². The number of fused-ring (bicyclic) bond motifs is 2. The normalized spacial score (nSPS) is 15.3. The smallest absolute Gasteiger partial charge is 0.290 e. The van der Waals surface area contributed by atoms with Gasteiger partial charge in [-0.2, -0.15) is 0 Å². The van der Waals surface area contributed by atoms with Crippen molar-refractivity contribution in [1.82, 2.24) is 4.90 Å². The number of ether oxygens (including phenoxy) is 1. The molecule has 0 saturated carbocycles. The Bertz CT molecular complexity index is 1220. The van der Waals surface area contributed by atoms with Gasteiger partial charge in [0, 0.05) is 18.2 Å². The van der Waals surface area contributed by atoms with E-state index in [1.807, 2.05) is 31.2 Å². The van der Waals surface area contributed by atoms with Gasteiger partial charge in [0.05, 0.1) is 23.6 Å². The lowest BCUT2D eigenvalue weighted by Gasteiger charge is -2.25. The second kappa shape index (κ2) is 9.98. The zero-order valence-electron chi connectivity index (χ0n) is 18.9. The molecule has 0 spiro atoms. The average Bonchev–Trinajstić information content (AvgIpc) is 3.09. The summed E-state index contributed by atoms with van der Waals surface area (Å²) in [5.74, 6) is 0.445. The lowest BCUT2D eigenvalue weighted by Crippen LogP contribution is -2.31. The average molecular weight is 470 g/mol. The van der Waals surface area contributed by atoms with Crippen LogP contribution in [0.4, 0.5) is 0 Å². The largest absolute Gasteiger partial charge is 0.494 e. The van der Waals surface area contributed by atoms with E-state index in [4.69, 9.17) is 20.8 Å². The molecular weight excluding hydrogens is 442 g/mol. The second-order valence-corrected chi connectivity index (χ2v) is 8.78. The van der Waals surface area contributed by atoms with Crippen molar-refractivity contribution < 1.29 is 19.1 Å². The number of carbonyl (C=O) groups excluding carboxylic acids is 1. The van der Waals surface area contributed by atoms with Crippen LogP contribution in [0.3, 0.4) is 0 Å². The number of aryl methyl sites for hydroxylation is 1. The van der Waals surface area contributed by atoms with E-state index in [9.17, 15) is 14.7 Å². The fraction of sp³-hybridized carbons (Fsp3) is 0.385.